The van der Waals surface area contributed by atoms with Crippen LogP contribution in [-0.2, 0) is 0 Å². The smallest absolute Gasteiger partial charge is 0.170 e. The number of nitrogens with one attached hydrogen (secondary N) is 1. The van der Waals surface area contributed by atoms with Crippen LogP contribution in [0.15, 0.2) is 43.0 Å². The van der Waals surface area contributed by atoms with E-state index >= 15 is 0 Å². The van der Waals surface area contributed by atoms with E-state index < -0.39 is 0 Å². The first kappa shape index (κ1) is 13.5. The Morgan fingerprint density at radius 3 is 2.67 bits per heavy atom. The van der Waals surface area contributed by atoms with Crippen molar-refractivity contribution < 1.29 is 4.79 Å². The van der Waals surface area contributed by atoms with Crippen LogP contribution in [0.4, 0.5) is 10.7 Å². The van der Waals surface area contributed by atoms with E-state index in [-0.39, 0.29) is 5.78 Å². The molecule has 0 saturated carbocycles. The highest BCUT2D eigenvalue weighted by molar-refractivity contribution is 7.18. The maximum atomic E-state index is 11.8. The molecule has 3 aromatic rings. The second kappa shape index (κ2) is 5.49. The highest BCUT2D eigenvalue weighted by Crippen LogP contribution is 2.37. The summed E-state index contributed by atoms with van der Waals surface area (Å²) in [5, 5.41) is 8.42. The Morgan fingerprint density at radius 1 is 1.29 bits per heavy atom. The van der Waals surface area contributed by atoms with E-state index in [9.17, 15) is 4.79 Å². The van der Waals surface area contributed by atoms with E-state index in [0.717, 1.165) is 26.8 Å². The summed E-state index contributed by atoms with van der Waals surface area (Å²) in [6.07, 6.45) is 3.12. The van der Waals surface area contributed by atoms with Crippen molar-refractivity contribution in [2.45, 2.75) is 13.8 Å². The number of Topliss-reactive ketones (excluding diaryl/α,β-unsaturated/α-hetero) is 1. The van der Waals surface area contributed by atoms with Gasteiger partial charge in [-0.15, -0.1) is 11.3 Å². The maximum absolute atomic E-state index is 11.8. The second-order valence-electron chi connectivity index (χ2n) is 4.62. The van der Waals surface area contributed by atoms with Gasteiger partial charge >= 0.3 is 0 Å². The Kier molecular flexibility index (Phi) is 3.53. The van der Waals surface area contributed by atoms with Crippen molar-refractivity contribution in [1.82, 2.24) is 14.8 Å². The van der Waals surface area contributed by atoms with Crippen molar-refractivity contribution in [1.29, 1.82) is 0 Å². The minimum absolute atomic E-state index is 0.0555. The van der Waals surface area contributed by atoms with Crippen LogP contribution in [-0.4, -0.2) is 20.5 Å². The van der Waals surface area contributed by atoms with Crippen molar-refractivity contribution in [2.24, 2.45) is 0 Å². The van der Waals surface area contributed by atoms with Crippen LogP contribution in [0, 0.1) is 6.92 Å². The SMILES string of the molecule is CC(=O)c1sc(Nc2ccccc2)c(-n2cncn2)c1C. The lowest BCUT2D eigenvalue weighted by atomic mass is 10.2. The van der Waals surface area contributed by atoms with Gasteiger partial charge < -0.3 is 5.32 Å². The van der Waals surface area contributed by atoms with Gasteiger partial charge in [0.25, 0.3) is 0 Å². The van der Waals surface area contributed by atoms with Gasteiger partial charge in [-0.05, 0) is 31.5 Å². The van der Waals surface area contributed by atoms with Crippen molar-refractivity contribution >= 4 is 27.8 Å². The molecule has 6 heteroatoms. The molecule has 0 aliphatic carbocycles. The molecule has 0 fully saturated rings. The van der Waals surface area contributed by atoms with Gasteiger partial charge in [0, 0.05) is 5.69 Å². The summed E-state index contributed by atoms with van der Waals surface area (Å²) in [4.78, 5) is 16.5. The zero-order valence-electron chi connectivity index (χ0n) is 11.7. The number of rotatable bonds is 4. The molecule has 0 spiro atoms. The normalized spacial score (nSPS) is 10.6. The van der Waals surface area contributed by atoms with Crippen LogP contribution in [0.3, 0.4) is 0 Å². The van der Waals surface area contributed by atoms with E-state index in [1.807, 2.05) is 37.3 Å². The molecule has 2 heterocycles. The number of para-hydroxylation sites is 1. The molecule has 1 aromatic carbocycles. The summed E-state index contributed by atoms with van der Waals surface area (Å²) in [7, 11) is 0. The van der Waals surface area contributed by atoms with E-state index in [0.29, 0.717) is 0 Å². The molecule has 0 radical (unpaired) electrons. The highest BCUT2D eigenvalue weighted by atomic mass is 32.1. The van der Waals surface area contributed by atoms with Crippen molar-refractivity contribution in [2.75, 3.05) is 5.32 Å². The van der Waals surface area contributed by atoms with Crippen LogP contribution in [0.1, 0.15) is 22.2 Å². The Balaban J connectivity index is 2.10. The molecule has 1 N–H and O–H groups in total. The molecule has 2 aromatic heterocycles. The van der Waals surface area contributed by atoms with E-state index in [1.54, 1.807) is 17.9 Å². The van der Waals surface area contributed by atoms with Crippen LogP contribution >= 0.6 is 11.3 Å². The van der Waals surface area contributed by atoms with Crippen LogP contribution in [0.2, 0.25) is 0 Å². The van der Waals surface area contributed by atoms with Gasteiger partial charge in [0.15, 0.2) is 5.78 Å². The van der Waals surface area contributed by atoms with Crippen LogP contribution < -0.4 is 5.32 Å². The fourth-order valence-corrected chi connectivity index (χ4v) is 3.29. The number of aromatic nitrogens is 3. The third-order valence-corrected chi connectivity index (χ3v) is 4.41. The lowest BCUT2D eigenvalue weighted by Crippen LogP contribution is -2.00. The Morgan fingerprint density at radius 2 is 2.05 bits per heavy atom. The summed E-state index contributed by atoms with van der Waals surface area (Å²) in [6.45, 7) is 3.51. The molecule has 0 saturated heterocycles. The van der Waals surface area contributed by atoms with Crippen LogP contribution in [0.25, 0.3) is 5.69 Å². The standard InChI is InChI=1S/C15H14N4OS/c1-10-13(19-9-16-8-17-19)15(21-14(10)11(2)20)18-12-6-4-3-5-7-12/h3-9,18H,1-2H3. The zero-order chi connectivity index (χ0) is 14.8. The number of hydrogen-bond acceptors (Lipinski definition) is 5. The minimum atomic E-state index is 0.0555. The summed E-state index contributed by atoms with van der Waals surface area (Å²) in [5.74, 6) is 0.0555. The molecule has 3 rings (SSSR count). The third kappa shape index (κ3) is 2.57. The van der Waals surface area contributed by atoms with Gasteiger partial charge in [-0.3, -0.25) is 4.79 Å². The number of carbonyl (C=O) groups is 1. The number of thiophene rings is 1. The molecule has 0 aliphatic heterocycles. The first-order chi connectivity index (χ1) is 10.2. The molecular weight excluding hydrogens is 284 g/mol. The van der Waals surface area contributed by atoms with Gasteiger partial charge in [-0.2, -0.15) is 5.10 Å². The largest absolute Gasteiger partial charge is 0.345 e. The number of carbonyl (C=O) groups excluding carboxylic acids is 1. The Hall–Kier alpha value is -2.47. The van der Waals surface area contributed by atoms with E-state index in [4.69, 9.17) is 0 Å². The van der Waals surface area contributed by atoms with Crippen LogP contribution in [0.5, 0.6) is 0 Å². The topological polar surface area (TPSA) is 59.8 Å². The molecular formula is C15H14N4OS. The summed E-state index contributed by atoms with van der Waals surface area (Å²) < 4.78 is 1.68. The maximum Gasteiger partial charge on any atom is 0.170 e. The number of anilines is 2. The monoisotopic (exact) mass is 298 g/mol. The molecule has 0 amide bonds. The highest BCUT2D eigenvalue weighted by Gasteiger charge is 2.19. The lowest BCUT2D eigenvalue weighted by molar-refractivity contribution is 0.102. The summed E-state index contributed by atoms with van der Waals surface area (Å²) in [5.41, 5.74) is 2.75. The first-order valence-corrected chi connectivity index (χ1v) is 7.30. The van der Waals surface area contributed by atoms with Crippen molar-refractivity contribution in [3.63, 3.8) is 0 Å². The average Bonchev–Trinajstić information content (AvgIpc) is 3.08. The second-order valence-corrected chi connectivity index (χ2v) is 5.64. The summed E-state index contributed by atoms with van der Waals surface area (Å²) >= 11 is 1.44. The van der Waals surface area contributed by atoms with Gasteiger partial charge in [0.1, 0.15) is 23.3 Å². The third-order valence-electron chi connectivity index (χ3n) is 3.11. The lowest BCUT2D eigenvalue weighted by Gasteiger charge is -2.07. The fourth-order valence-electron chi connectivity index (χ4n) is 2.18. The molecule has 0 aliphatic rings. The predicted molar refractivity (Wildman–Crippen MR) is 83.7 cm³/mol. The number of hydrogen-bond donors (Lipinski definition) is 1. The molecule has 0 bridgehead atoms. The van der Waals surface area contributed by atoms with Gasteiger partial charge in [0.05, 0.1) is 4.88 Å². The molecule has 21 heavy (non-hydrogen) atoms. The van der Waals surface area contributed by atoms with Gasteiger partial charge in [0.2, 0.25) is 0 Å². The average molecular weight is 298 g/mol. The summed E-state index contributed by atoms with van der Waals surface area (Å²) in [6, 6.07) is 9.85. The molecule has 0 unspecified atom stereocenters. The Labute approximate surface area is 126 Å². The quantitative estimate of drug-likeness (QED) is 0.748. The number of nitrogens with zero attached hydrogens (tertiary/aromatic N) is 3. The Bertz CT molecular complexity index is 763. The van der Waals surface area contributed by atoms with Crippen molar-refractivity contribution in [3.8, 4) is 5.69 Å². The first-order valence-electron chi connectivity index (χ1n) is 6.48. The minimum Gasteiger partial charge on any atom is -0.345 e. The van der Waals surface area contributed by atoms with Gasteiger partial charge in [-0.1, -0.05) is 18.2 Å². The molecule has 5 nitrogen and oxygen atoms in total. The zero-order valence-corrected chi connectivity index (χ0v) is 12.5. The number of benzene rings is 1. The predicted octanol–water partition coefficient (Wildman–Crippen LogP) is 3.58. The van der Waals surface area contributed by atoms with E-state index in [2.05, 4.69) is 15.4 Å². The van der Waals surface area contributed by atoms with Gasteiger partial charge in [-0.25, -0.2) is 9.67 Å². The van der Waals surface area contributed by atoms with Crippen molar-refractivity contribution in [3.05, 3.63) is 53.4 Å². The fraction of sp³-hybridized carbons (Fsp3) is 0.133. The van der Waals surface area contributed by atoms with E-state index in [1.165, 1.54) is 17.7 Å². The molecule has 0 atom stereocenters. The molecule has 106 valence electrons. The number of ketones is 1.